The van der Waals surface area contributed by atoms with Crippen LogP contribution in [0.3, 0.4) is 0 Å². The number of fused-ring (bicyclic) bond motifs is 1. The molecule has 1 heterocycles. The molecule has 9 heteroatoms. The summed E-state index contributed by atoms with van der Waals surface area (Å²) in [6, 6.07) is 31.9. The van der Waals surface area contributed by atoms with Gasteiger partial charge in [-0.2, -0.15) is 5.10 Å². The molecule has 1 aromatic heterocycles. The number of carbonyl (C=O) groups excluding carboxylic acids is 2. The molecule has 5 rings (SSSR count). The number of para-hydroxylation sites is 2. The van der Waals surface area contributed by atoms with E-state index < -0.39 is 18.2 Å². The maximum Gasteiger partial charge on any atom is 0.355 e. The first kappa shape index (κ1) is 26.0. The molecule has 0 atom stereocenters. The number of esters is 1. The predicted octanol–water partition coefficient (Wildman–Crippen LogP) is 6.71. The Hall–Kier alpha value is -4.66. The van der Waals surface area contributed by atoms with Crippen LogP contribution in [0.1, 0.15) is 15.2 Å². The zero-order chi connectivity index (χ0) is 27.0. The lowest BCUT2D eigenvalue weighted by Crippen LogP contribution is -2.40. The third-order valence-electron chi connectivity index (χ3n) is 5.39. The molecule has 1 amide bonds. The minimum absolute atomic E-state index is 0.344. The molecular weight excluding hydrogens is 536 g/mol. The lowest BCUT2D eigenvalue weighted by molar-refractivity contribution is -0.140. The van der Waals surface area contributed by atoms with Crippen molar-refractivity contribution in [1.82, 2.24) is 5.43 Å². The number of amides is 1. The maximum absolute atomic E-state index is 12.8. The number of benzene rings is 4. The van der Waals surface area contributed by atoms with Crippen LogP contribution in [0, 0.1) is 0 Å². The van der Waals surface area contributed by atoms with Crippen LogP contribution < -0.4 is 19.6 Å². The van der Waals surface area contributed by atoms with E-state index in [9.17, 15) is 9.59 Å². The van der Waals surface area contributed by atoms with Crippen molar-refractivity contribution in [3.05, 3.63) is 125 Å². The molecule has 0 aliphatic rings. The third-order valence-corrected chi connectivity index (χ3v) is 7.04. The summed E-state index contributed by atoms with van der Waals surface area (Å²) in [5.74, 6) is 0.170. The van der Waals surface area contributed by atoms with Crippen molar-refractivity contribution in [3.8, 4) is 17.2 Å². The second-order valence-corrected chi connectivity index (χ2v) is 9.56. The van der Waals surface area contributed by atoms with Crippen molar-refractivity contribution in [3.63, 3.8) is 0 Å². The van der Waals surface area contributed by atoms with Gasteiger partial charge in [-0.05, 0) is 60.2 Å². The number of hydrogen-bond donors (Lipinski definition) is 1. The Balaban J connectivity index is 1.20. The van der Waals surface area contributed by atoms with Crippen LogP contribution in [0.25, 0.3) is 10.1 Å². The number of carbonyl (C=O) groups is 2. The first-order chi connectivity index (χ1) is 19.1. The van der Waals surface area contributed by atoms with Gasteiger partial charge in [0, 0.05) is 10.1 Å². The highest BCUT2D eigenvalue weighted by Crippen LogP contribution is 2.35. The summed E-state index contributed by atoms with van der Waals surface area (Å²) in [5.41, 5.74) is 3.11. The Morgan fingerprint density at radius 3 is 1.97 bits per heavy atom. The number of nitrogens with zero attached hydrogens (tertiary/aromatic N) is 1. The van der Waals surface area contributed by atoms with Gasteiger partial charge in [-0.15, -0.1) is 11.3 Å². The van der Waals surface area contributed by atoms with Crippen LogP contribution in [0.5, 0.6) is 17.2 Å². The van der Waals surface area contributed by atoms with Gasteiger partial charge in [-0.3, -0.25) is 4.79 Å². The fraction of sp³-hybridized carbons (Fsp3) is 0.0333. The second-order valence-electron chi connectivity index (χ2n) is 8.13. The summed E-state index contributed by atoms with van der Waals surface area (Å²) < 4.78 is 17.9. The molecular formula is C30H21ClN2O5S. The van der Waals surface area contributed by atoms with E-state index in [0.29, 0.717) is 32.7 Å². The van der Waals surface area contributed by atoms with E-state index in [4.69, 9.17) is 25.8 Å². The van der Waals surface area contributed by atoms with Crippen LogP contribution in [0.2, 0.25) is 5.02 Å². The number of halogens is 1. The van der Waals surface area contributed by atoms with Gasteiger partial charge in [0.1, 0.15) is 22.1 Å². The second kappa shape index (κ2) is 12.3. The Kier molecular flexibility index (Phi) is 8.16. The van der Waals surface area contributed by atoms with Crippen LogP contribution in [0.15, 0.2) is 114 Å². The molecule has 39 heavy (non-hydrogen) atoms. The maximum atomic E-state index is 12.8. The Labute approximate surface area is 233 Å². The van der Waals surface area contributed by atoms with Gasteiger partial charge in [-0.25, -0.2) is 10.2 Å². The third kappa shape index (κ3) is 6.62. The van der Waals surface area contributed by atoms with Crippen molar-refractivity contribution in [1.29, 1.82) is 0 Å². The van der Waals surface area contributed by atoms with E-state index >= 15 is 0 Å². The number of nitrogens with one attached hydrogen (secondary N) is 1. The molecule has 0 spiro atoms. The van der Waals surface area contributed by atoms with Gasteiger partial charge < -0.3 is 14.2 Å². The SMILES string of the molecule is O=C(Oc1ccc(/C=N\NC(=O)C(Oc2ccccc2)Oc2ccccc2)cc1)c1sc2ccccc2c1Cl. The van der Waals surface area contributed by atoms with Crippen LogP contribution in [-0.2, 0) is 4.79 Å². The number of hydrazone groups is 1. The molecule has 0 aliphatic carbocycles. The van der Waals surface area contributed by atoms with E-state index in [1.54, 1.807) is 72.8 Å². The standard InChI is InChI=1S/C30H21ClN2O5S/c31-26-24-13-7-8-14-25(24)39-27(26)29(35)36-23-17-15-20(16-18-23)19-32-33-28(34)30(37-21-9-3-1-4-10-21)38-22-11-5-2-6-12-22/h1-19,30H,(H,33,34)/b32-19-. The molecule has 0 radical (unpaired) electrons. The summed E-state index contributed by atoms with van der Waals surface area (Å²) >= 11 is 7.66. The quantitative estimate of drug-likeness (QED) is 0.0717. The van der Waals surface area contributed by atoms with E-state index in [2.05, 4.69) is 10.5 Å². The van der Waals surface area contributed by atoms with Crippen molar-refractivity contribution in [2.75, 3.05) is 0 Å². The number of thiophene rings is 1. The van der Waals surface area contributed by atoms with Gasteiger partial charge in [0.05, 0.1) is 11.2 Å². The Bertz CT molecular complexity index is 1560. The lowest BCUT2D eigenvalue weighted by atomic mass is 10.2. The fourth-order valence-electron chi connectivity index (χ4n) is 3.52. The molecule has 194 valence electrons. The molecule has 0 saturated heterocycles. The van der Waals surface area contributed by atoms with Crippen molar-refractivity contribution in [2.45, 2.75) is 6.29 Å². The zero-order valence-electron chi connectivity index (χ0n) is 20.3. The average molecular weight is 557 g/mol. The number of hydrogen-bond acceptors (Lipinski definition) is 7. The van der Waals surface area contributed by atoms with Crippen LogP contribution in [0.4, 0.5) is 0 Å². The van der Waals surface area contributed by atoms with Crippen molar-refractivity contribution < 1.29 is 23.8 Å². The number of ether oxygens (including phenoxy) is 3. The summed E-state index contributed by atoms with van der Waals surface area (Å²) in [7, 11) is 0. The molecule has 4 aromatic carbocycles. The molecule has 0 saturated carbocycles. The van der Waals surface area contributed by atoms with Gasteiger partial charge in [-0.1, -0.05) is 66.2 Å². The monoisotopic (exact) mass is 556 g/mol. The smallest absolute Gasteiger partial charge is 0.355 e. The van der Waals surface area contributed by atoms with Gasteiger partial charge >= 0.3 is 18.2 Å². The van der Waals surface area contributed by atoms with Crippen molar-refractivity contribution in [2.24, 2.45) is 5.10 Å². The molecule has 1 N–H and O–H groups in total. The molecule has 7 nitrogen and oxygen atoms in total. The topological polar surface area (TPSA) is 86.2 Å². The van der Waals surface area contributed by atoms with Gasteiger partial charge in [0.2, 0.25) is 0 Å². The summed E-state index contributed by atoms with van der Waals surface area (Å²) in [4.78, 5) is 25.8. The lowest BCUT2D eigenvalue weighted by Gasteiger charge is -2.18. The summed E-state index contributed by atoms with van der Waals surface area (Å²) in [5, 5.41) is 5.21. The molecule has 0 unspecified atom stereocenters. The van der Waals surface area contributed by atoms with E-state index in [0.717, 1.165) is 10.1 Å². The molecule has 0 bridgehead atoms. The fourth-order valence-corrected chi connectivity index (χ4v) is 4.91. The van der Waals surface area contributed by atoms with Crippen molar-refractivity contribution >= 4 is 51.1 Å². The highest BCUT2D eigenvalue weighted by molar-refractivity contribution is 7.21. The minimum Gasteiger partial charge on any atom is -0.446 e. The van der Waals surface area contributed by atoms with E-state index in [-0.39, 0.29) is 0 Å². The molecule has 0 aliphatic heterocycles. The Morgan fingerprint density at radius 1 is 0.769 bits per heavy atom. The van der Waals surface area contributed by atoms with Gasteiger partial charge in [0.25, 0.3) is 0 Å². The summed E-state index contributed by atoms with van der Waals surface area (Å²) in [6.45, 7) is 0. The van der Waals surface area contributed by atoms with Crippen LogP contribution in [-0.4, -0.2) is 24.4 Å². The largest absolute Gasteiger partial charge is 0.446 e. The zero-order valence-corrected chi connectivity index (χ0v) is 21.9. The first-order valence-electron chi connectivity index (χ1n) is 11.8. The number of rotatable bonds is 9. The molecule has 5 aromatic rings. The Morgan fingerprint density at radius 2 is 1.36 bits per heavy atom. The minimum atomic E-state index is -1.27. The van der Waals surface area contributed by atoms with Crippen LogP contribution >= 0.6 is 22.9 Å². The first-order valence-corrected chi connectivity index (χ1v) is 13.0. The highest BCUT2D eigenvalue weighted by atomic mass is 35.5. The van der Waals surface area contributed by atoms with Gasteiger partial charge in [0.15, 0.2) is 0 Å². The highest BCUT2D eigenvalue weighted by Gasteiger charge is 2.22. The van der Waals surface area contributed by atoms with E-state index in [1.807, 2.05) is 36.4 Å². The average Bonchev–Trinajstić information content (AvgIpc) is 3.31. The normalized spacial score (nSPS) is 11.0. The summed E-state index contributed by atoms with van der Waals surface area (Å²) in [6.07, 6.45) is 0.184. The molecule has 0 fully saturated rings. The predicted molar refractivity (Wildman–Crippen MR) is 152 cm³/mol. The van der Waals surface area contributed by atoms with E-state index in [1.165, 1.54) is 17.6 Å².